The lowest BCUT2D eigenvalue weighted by Crippen LogP contribution is -2.16. The fourth-order valence-corrected chi connectivity index (χ4v) is 2.87. The van der Waals surface area contributed by atoms with Gasteiger partial charge in [0.15, 0.2) is 4.96 Å². The standard InChI is InChI=1S/C12H9FN2OS/c1-6-7(2)17-12-14-9-5-3-4-8(13)10(9)11(16)15(6)12/h3-5H,1-2H3. The van der Waals surface area contributed by atoms with Crippen molar-refractivity contribution in [1.29, 1.82) is 0 Å². The maximum Gasteiger partial charge on any atom is 0.269 e. The van der Waals surface area contributed by atoms with Crippen molar-refractivity contribution in [2.45, 2.75) is 13.8 Å². The number of thiazole rings is 1. The molecule has 0 amide bonds. The summed E-state index contributed by atoms with van der Waals surface area (Å²) in [6, 6.07) is 4.50. The third kappa shape index (κ3) is 1.32. The predicted octanol–water partition coefficient (Wildman–Crippen LogP) is 2.67. The average Bonchev–Trinajstić information content (AvgIpc) is 2.55. The number of hydrogen-bond donors (Lipinski definition) is 0. The van der Waals surface area contributed by atoms with Crippen LogP contribution in [-0.4, -0.2) is 9.38 Å². The Hall–Kier alpha value is -1.75. The summed E-state index contributed by atoms with van der Waals surface area (Å²) in [4.78, 5) is 18.2. The van der Waals surface area contributed by atoms with E-state index < -0.39 is 5.82 Å². The average molecular weight is 248 g/mol. The molecule has 17 heavy (non-hydrogen) atoms. The third-order valence-electron chi connectivity index (χ3n) is 2.91. The molecule has 0 N–H and O–H groups in total. The SMILES string of the molecule is Cc1sc2nc3cccc(F)c3c(=O)n2c1C. The van der Waals surface area contributed by atoms with Crippen LogP contribution in [0.2, 0.25) is 0 Å². The molecular formula is C12H9FN2OS. The molecule has 0 unspecified atom stereocenters. The van der Waals surface area contributed by atoms with E-state index in [9.17, 15) is 9.18 Å². The van der Waals surface area contributed by atoms with Crippen molar-refractivity contribution < 1.29 is 4.39 Å². The summed E-state index contributed by atoms with van der Waals surface area (Å²) in [5.41, 5.74) is 0.911. The van der Waals surface area contributed by atoms with Crippen LogP contribution in [-0.2, 0) is 0 Å². The molecule has 0 fully saturated rings. The van der Waals surface area contributed by atoms with Gasteiger partial charge >= 0.3 is 0 Å². The van der Waals surface area contributed by atoms with Crippen molar-refractivity contribution in [1.82, 2.24) is 9.38 Å². The first-order valence-electron chi connectivity index (χ1n) is 5.16. The van der Waals surface area contributed by atoms with Crippen LogP contribution in [0.1, 0.15) is 10.6 Å². The topological polar surface area (TPSA) is 34.4 Å². The molecule has 0 aliphatic rings. The molecule has 86 valence electrons. The maximum atomic E-state index is 13.7. The van der Waals surface area contributed by atoms with Crippen LogP contribution in [0.25, 0.3) is 15.9 Å². The highest BCUT2D eigenvalue weighted by Crippen LogP contribution is 2.21. The summed E-state index contributed by atoms with van der Waals surface area (Å²) in [5, 5.41) is 0.0610. The number of fused-ring (bicyclic) bond motifs is 2. The van der Waals surface area contributed by atoms with E-state index in [0.29, 0.717) is 10.5 Å². The Balaban J connectivity index is 2.68. The molecule has 1 aromatic carbocycles. The van der Waals surface area contributed by atoms with E-state index in [1.54, 1.807) is 12.1 Å². The van der Waals surface area contributed by atoms with Gasteiger partial charge in [-0.05, 0) is 26.0 Å². The number of nitrogens with zero attached hydrogens (tertiary/aromatic N) is 2. The summed E-state index contributed by atoms with van der Waals surface area (Å²) >= 11 is 1.44. The highest BCUT2D eigenvalue weighted by atomic mass is 32.1. The number of aromatic nitrogens is 2. The molecule has 0 spiro atoms. The summed E-state index contributed by atoms with van der Waals surface area (Å²) < 4.78 is 15.1. The van der Waals surface area contributed by atoms with E-state index >= 15 is 0 Å². The minimum atomic E-state index is -0.516. The van der Waals surface area contributed by atoms with E-state index in [-0.39, 0.29) is 10.9 Å². The fraction of sp³-hybridized carbons (Fsp3) is 0.167. The Morgan fingerprint density at radius 2 is 2.12 bits per heavy atom. The highest BCUT2D eigenvalue weighted by molar-refractivity contribution is 7.17. The summed E-state index contributed by atoms with van der Waals surface area (Å²) in [6.07, 6.45) is 0. The number of halogens is 1. The van der Waals surface area contributed by atoms with Crippen molar-refractivity contribution in [2.75, 3.05) is 0 Å². The zero-order valence-electron chi connectivity index (χ0n) is 9.32. The van der Waals surface area contributed by atoms with Crippen molar-refractivity contribution >= 4 is 27.2 Å². The van der Waals surface area contributed by atoms with Crippen LogP contribution in [0.3, 0.4) is 0 Å². The molecular weight excluding hydrogens is 239 g/mol. The Labute approximate surface area is 100 Å². The molecule has 2 aromatic heterocycles. The number of rotatable bonds is 0. The van der Waals surface area contributed by atoms with Gasteiger partial charge < -0.3 is 0 Å². The van der Waals surface area contributed by atoms with E-state index in [1.807, 2.05) is 13.8 Å². The van der Waals surface area contributed by atoms with Gasteiger partial charge in [-0.15, -0.1) is 11.3 Å². The molecule has 0 saturated carbocycles. The lowest BCUT2D eigenvalue weighted by Gasteiger charge is -2.00. The Morgan fingerprint density at radius 3 is 2.88 bits per heavy atom. The molecule has 3 rings (SSSR count). The van der Waals surface area contributed by atoms with Crippen LogP contribution < -0.4 is 5.56 Å². The molecule has 0 bridgehead atoms. The summed E-state index contributed by atoms with van der Waals surface area (Å²) in [6.45, 7) is 3.77. The Kier molecular flexibility index (Phi) is 2.06. The fourth-order valence-electron chi connectivity index (χ4n) is 1.90. The minimum absolute atomic E-state index is 0.0610. The lowest BCUT2D eigenvalue weighted by molar-refractivity contribution is 0.638. The first kappa shape index (κ1) is 10.4. The number of benzene rings is 1. The van der Waals surface area contributed by atoms with Crippen molar-refractivity contribution in [3.8, 4) is 0 Å². The van der Waals surface area contributed by atoms with Crippen molar-refractivity contribution in [2.24, 2.45) is 0 Å². The number of aryl methyl sites for hydroxylation is 2. The first-order chi connectivity index (χ1) is 8.09. The summed E-state index contributed by atoms with van der Waals surface area (Å²) in [7, 11) is 0. The molecule has 3 nitrogen and oxygen atoms in total. The molecule has 3 aromatic rings. The van der Waals surface area contributed by atoms with Gasteiger partial charge in [-0.25, -0.2) is 9.37 Å². The lowest BCUT2D eigenvalue weighted by atomic mass is 10.2. The Bertz CT molecular complexity index is 803. The largest absolute Gasteiger partial charge is 0.269 e. The van der Waals surface area contributed by atoms with Gasteiger partial charge in [0.25, 0.3) is 5.56 Å². The van der Waals surface area contributed by atoms with Gasteiger partial charge in [0.1, 0.15) is 11.2 Å². The molecule has 0 aliphatic carbocycles. The summed E-state index contributed by atoms with van der Waals surface area (Å²) in [5.74, 6) is -0.516. The van der Waals surface area contributed by atoms with Crippen LogP contribution in [0, 0.1) is 19.7 Å². The van der Waals surface area contributed by atoms with Gasteiger partial charge in [-0.2, -0.15) is 0 Å². The molecule has 5 heteroatoms. The molecule has 0 radical (unpaired) electrons. The van der Waals surface area contributed by atoms with Crippen LogP contribution in [0.4, 0.5) is 4.39 Å². The van der Waals surface area contributed by atoms with E-state index in [2.05, 4.69) is 4.98 Å². The molecule has 2 heterocycles. The van der Waals surface area contributed by atoms with Gasteiger partial charge in [0.2, 0.25) is 0 Å². The Morgan fingerprint density at radius 1 is 1.35 bits per heavy atom. The second-order valence-corrected chi connectivity index (χ2v) is 5.09. The zero-order chi connectivity index (χ0) is 12.2. The van der Waals surface area contributed by atoms with Crippen LogP contribution in [0.15, 0.2) is 23.0 Å². The van der Waals surface area contributed by atoms with Crippen molar-refractivity contribution in [3.05, 3.63) is 44.9 Å². The van der Waals surface area contributed by atoms with Crippen LogP contribution >= 0.6 is 11.3 Å². The quantitative estimate of drug-likeness (QED) is 0.613. The normalized spacial score (nSPS) is 11.5. The van der Waals surface area contributed by atoms with E-state index in [0.717, 1.165) is 10.6 Å². The molecule has 0 saturated heterocycles. The monoisotopic (exact) mass is 248 g/mol. The van der Waals surface area contributed by atoms with Gasteiger partial charge in [-0.1, -0.05) is 6.07 Å². The predicted molar refractivity (Wildman–Crippen MR) is 66.3 cm³/mol. The zero-order valence-corrected chi connectivity index (χ0v) is 10.1. The third-order valence-corrected chi connectivity index (χ3v) is 3.96. The van der Waals surface area contributed by atoms with Gasteiger partial charge in [-0.3, -0.25) is 9.20 Å². The molecule has 0 aliphatic heterocycles. The minimum Gasteiger partial charge on any atom is -0.268 e. The second kappa shape index (κ2) is 3.37. The maximum absolute atomic E-state index is 13.7. The van der Waals surface area contributed by atoms with E-state index in [4.69, 9.17) is 0 Å². The number of hydrogen-bond acceptors (Lipinski definition) is 3. The first-order valence-corrected chi connectivity index (χ1v) is 5.98. The van der Waals surface area contributed by atoms with E-state index in [1.165, 1.54) is 21.8 Å². The highest BCUT2D eigenvalue weighted by Gasteiger charge is 2.13. The van der Waals surface area contributed by atoms with Gasteiger partial charge in [0.05, 0.1) is 5.52 Å². The van der Waals surface area contributed by atoms with Crippen LogP contribution in [0.5, 0.6) is 0 Å². The molecule has 0 atom stereocenters. The van der Waals surface area contributed by atoms with Crippen molar-refractivity contribution in [3.63, 3.8) is 0 Å². The smallest absolute Gasteiger partial charge is 0.268 e. The van der Waals surface area contributed by atoms with Gasteiger partial charge in [0, 0.05) is 10.6 Å². The second-order valence-electron chi connectivity index (χ2n) is 3.91.